The Bertz CT molecular complexity index is 96.6. The average molecular weight is 117 g/mol. The monoisotopic (exact) mass is 117 g/mol. The van der Waals surface area contributed by atoms with Gasteiger partial charge >= 0.3 is 0 Å². The summed E-state index contributed by atoms with van der Waals surface area (Å²) in [5.74, 6) is -0.278. The number of halogens is 1. The highest BCUT2D eigenvalue weighted by atomic mass is 19.1. The number of carbonyl (C=O) groups excluding carboxylic acids is 1. The molecule has 0 heterocycles. The molecule has 1 amide bonds. The number of carbonyl (C=O) groups is 1. The van der Waals surface area contributed by atoms with Gasteiger partial charge in [0.1, 0.15) is 0 Å². The molecule has 0 aliphatic carbocycles. The molecule has 8 heavy (non-hydrogen) atoms. The molecule has 46 valence electrons. The van der Waals surface area contributed by atoms with E-state index < -0.39 is 0 Å². The second kappa shape index (κ2) is 4.30. The van der Waals surface area contributed by atoms with E-state index in [-0.39, 0.29) is 12.4 Å². The first kappa shape index (κ1) is 7.14. The van der Waals surface area contributed by atoms with E-state index >= 15 is 0 Å². The van der Waals surface area contributed by atoms with Crippen LogP contribution in [0.5, 0.6) is 0 Å². The predicted octanol–water partition coefficient (Wildman–Crippen LogP) is 0.606. The minimum absolute atomic E-state index is 0.270. The third-order valence-electron chi connectivity index (χ3n) is 0.585. The molecule has 0 aromatic carbocycles. The first-order valence-corrected chi connectivity index (χ1v) is 2.26. The fraction of sp³-hybridized carbons (Fsp3) is 0.400. The van der Waals surface area contributed by atoms with Gasteiger partial charge in [0.25, 0.3) is 0 Å². The first-order chi connectivity index (χ1) is 3.77. The lowest BCUT2D eigenvalue weighted by Gasteiger charge is -1.86. The van der Waals surface area contributed by atoms with Gasteiger partial charge in [-0.15, -0.1) is 0 Å². The molecule has 1 N–H and O–H groups in total. The van der Waals surface area contributed by atoms with E-state index in [1.54, 1.807) is 0 Å². The molecule has 0 aliphatic heterocycles. The molecule has 0 aromatic heterocycles. The number of nitrogens with one attached hydrogen (secondary N) is 1. The van der Waals surface area contributed by atoms with Crippen LogP contribution in [0.15, 0.2) is 11.9 Å². The molecule has 2 nitrogen and oxygen atoms in total. The van der Waals surface area contributed by atoms with Crippen LogP contribution in [0.1, 0.15) is 6.92 Å². The Morgan fingerprint density at radius 3 is 2.88 bits per heavy atom. The van der Waals surface area contributed by atoms with Crippen molar-refractivity contribution in [2.45, 2.75) is 6.92 Å². The highest BCUT2D eigenvalue weighted by Crippen LogP contribution is 1.88. The van der Waals surface area contributed by atoms with Crippen molar-refractivity contribution in [1.29, 1.82) is 0 Å². The van der Waals surface area contributed by atoms with Gasteiger partial charge in [-0.25, -0.2) is 4.39 Å². The molecule has 0 unspecified atom stereocenters. The van der Waals surface area contributed by atoms with Crippen molar-refractivity contribution >= 4 is 6.41 Å². The summed E-state index contributed by atoms with van der Waals surface area (Å²) < 4.78 is 11.7. The summed E-state index contributed by atoms with van der Waals surface area (Å²) in [7, 11) is 0. The molecule has 0 aromatic rings. The first-order valence-electron chi connectivity index (χ1n) is 2.26. The molecular formula is C5H8FNO. The molecule has 0 rings (SSSR count). The van der Waals surface area contributed by atoms with Gasteiger partial charge < -0.3 is 5.32 Å². The van der Waals surface area contributed by atoms with Crippen LogP contribution in [0.2, 0.25) is 0 Å². The highest BCUT2D eigenvalue weighted by molar-refractivity contribution is 5.46. The molecule has 0 bridgehead atoms. The molecule has 0 spiro atoms. The van der Waals surface area contributed by atoms with Crippen molar-refractivity contribution in [1.82, 2.24) is 5.32 Å². The summed E-state index contributed by atoms with van der Waals surface area (Å²) in [5.41, 5.74) is 0. The summed E-state index contributed by atoms with van der Waals surface area (Å²) in [6.45, 7) is 1.60. The third kappa shape index (κ3) is 5.14. The zero-order valence-corrected chi connectivity index (χ0v) is 4.65. The van der Waals surface area contributed by atoms with Crippen molar-refractivity contribution in [2.24, 2.45) is 0 Å². The largest absolute Gasteiger partial charge is 0.355 e. The van der Waals surface area contributed by atoms with Gasteiger partial charge in [-0.05, 0) is 13.0 Å². The second-order valence-corrected chi connectivity index (χ2v) is 1.32. The van der Waals surface area contributed by atoms with Gasteiger partial charge in [0.2, 0.25) is 6.41 Å². The number of allylic oxidation sites excluding steroid dienone is 1. The summed E-state index contributed by atoms with van der Waals surface area (Å²) >= 11 is 0. The number of amides is 1. The van der Waals surface area contributed by atoms with Crippen molar-refractivity contribution in [2.75, 3.05) is 6.54 Å². The zero-order chi connectivity index (χ0) is 6.41. The fourth-order valence-corrected chi connectivity index (χ4v) is 0.248. The minimum atomic E-state index is -0.278. The molecule has 0 radical (unpaired) electrons. The van der Waals surface area contributed by atoms with Crippen LogP contribution in [0, 0.1) is 0 Å². The molecule has 0 fully saturated rings. The van der Waals surface area contributed by atoms with E-state index in [1.807, 2.05) is 0 Å². The van der Waals surface area contributed by atoms with Gasteiger partial charge in [0, 0.05) is 6.54 Å². The molecule has 0 saturated carbocycles. The molecule has 3 heteroatoms. The highest BCUT2D eigenvalue weighted by Gasteiger charge is 1.78. The molecule has 0 aliphatic rings. The van der Waals surface area contributed by atoms with Crippen LogP contribution in [0.4, 0.5) is 4.39 Å². The minimum Gasteiger partial charge on any atom is -0.355 e. The smallest absolute Gasteiger partial charge is 0.207 e. The van der Waals surface area contributed by atoms with Gasteiger partial charge in [-0.3, -0.25) is 4.79 Å². The van der Waals surface area contributed by atoms with Gasteiger partial charge in [-0.2, -0.15) is 0 Å². The fourth-order valence-electron chi connectivity index (χ4n) is 0.248. The molecular weight excluding hydrogens is 109 g/mol. The van der Waals surface area contributed by atoms with Crippen LogP contribution in [0.25, 0.3) is 0 Å². The van der Waals surface area contributed by atoms with Gasteiger partial charge in [0.15, 0.2) is 0 Å². The van der Waals surface area contributed by atoms with Crippen LogP contribution in [-0.2, 0) is 4.79 Å². The normalized spacial score (nSPS) is 11.0. The molecule has 0 atom stereocenters. The zero-order valence-electron chi connectivity index (χ0n) is 4.65. The molecule has 0 saturated heterocycles. The number of hydrogen-bond donors (Lipinski definition) is 1. The number of rotatable bonds is 3. The lowest BCUT2D eigenvalue weighted by atomic mass is 10.5. The van der Waals surface area contributed by atoms with Crippen molar-refractivity contribution < 1.29 is 9.18 Å². The Kier molecular flexibility index (Phi) is 3.84. The van der Waals surface area contributed by atoms with Crippen molar-refractivity contribution in [3.8, 4) is 0 Å². The topological polar surface area (TPSA) is 29.1 Å². The third-order valence-corrected chi connectivity index (χ3v) is 0.585. The lowest BCUT2D eigenvalue weighted by Crippen LogP contribution is -2.09. The van der Waals surface area contributed by atoms with E-state index in [4.69, 9.17) is 0 Å². The maximum absolute atomic E-state index is 11.7. The summed E-state index contributed by atoms with van der Waals surface area (Å²) in [6, 6.07) is 0. The standard InChI is InChI=1S/C5H8FNO/c1-5(6)2-3-7-4-8/h2,4H,3H2,1H3,(H,7,8)/b5-2-. The number of hydrogen-bond acceptors (Lipinski definition) is 1. The Morgan fingerprint density at radius 1 is 1.88 bits per heavy atom. The van der Waals surface area contributed by atoms with Crippen LogP contribution >= 0.6 is 0 Å². The maximum atomic E-state index is 11.7. The lowest BCUT2D eigenvalue weighted by molar-refractivity contribution is -0.109. The van der Waals surface area contributed by atoms with E-state index in [1.165, 1.54) is 13.0 Å². The van der Waals surface area contributed by atoms with E-state index in [9.17, 15) is 9.18 Å². The quantitative estimate of drug-likeness (QED) is 0.425. The van der Waals surface area contributed by atoms with Gasteiger partial charge in [-0.1, -0.05) is 0 Å². The Hall–Kier alpha value is -0.860. The second-order valence-electron chi connectivity index (χ2n) is 1.32. The van der Waals surface area contributed by atoms with E-state index in [0.717, 1.165) is 0 Å². The Labute approximate surface area is 47.4 Å². The predicted molar refractivity (Wildman–Crippen MR) is 28.9 cm³/mol. The summed E-state index contributed by atoms with van der Waals surface area (Å²) in [6.07, 6.45) is 1.81. The van der Waals surface area contributed by atoms with Crippen molar-refractivity contribution in [3.63, 3.8) is 0 Å². The van der Waals surface area contributed by atoms with Gasteiger partial charge in [0.05, 0.1) is 5.83 Å². The van der Waals surface area contributed by atoms with Crippen LogP contribution in [-0.4, -0.2) is 13.0 Å². The summed E-state index contributed by atoms with van der Waals surface area (Å²) in [5, 5.41) is 2.28. The summed E-state index contributed by atoms with van der Waals surface area (Å²) in [4.78, 5) is 9.52. The van der Waals surface area contributed by atoms with Crippen LogP contribution < -0.4 is 5.32 Å². The Balaban J connectivity index is 3.15. The SMILES string of the molecule is C/C(F)=C/CNC=O. The van der Waals surface area contributed by atoms with E-state index in [0.29, 0.717) is 6.41 Å². The Morgan fingerprint density at radius 2 is 2.50 bits per heavy atom. The van der Waals surface area contributed by atoms with Crippen molar-refractivity contribution in [3.05, 3.63) is 11.9 Å². The average Bonchev–Trinajstić information content (AvgIpc) is 1.66. The maximum Gasteiger partial charge on any atom is 0.207 e. The van der Waals surface area contributed by atoms with Crippen LogP contribution in [0.3, 0.4) is 0 Å². The van der Waals surface area contributed by atoms with E-state index in [2.05, 4.69) is 5.32 Å².